The molecular formula is C19H21F3N2O4. The molecule has 1 aromatic rings. The molecule has 0 saturated carbocycles. The molecule has 0 bridgehead atoms. The quantitative estimate of drug-likeness (QED) is 0.820. The van der Waals surface area contributed by atoms with Crippen molar-refractivity contribution in [2.75, 3.05) is 0 Å². The van der Waals surface area contributed by atoms with E-state index in [2.05, 4.69) is 5.32 Å². The lowest BCUT2D eigenvalue weighted by Gasteiger charge is -2.34. The Hall–Kier alpha value is -2.58. The van der Waals surface area contributed by atoms with Crippen LogP contribution in [0.1, 0.15) is 54.4 Å². The van der Waals surface area contributed by atoms with Crippen LogP contribution in [0.2, 0.25) is 0 Å². The van der Waals surface area contributed by atoms with Gasteiger partial charge >= 0.3 is 12.1 Å². The zero-order valence-electron chi connectivity index (χ0n) is 15.0. The molecule has 3 atom stereocenters. The van der Waals surface area contributed by atoms with Crippen LogP contribution in [0.25, 0.3) is 0 Å². The SMILES string of the molecule is O=C(N[C@H]1CCCC[C@H]2CC[C@@H](C(=O)O)N2C1=O)c1ccccc1C(F)(F)F. The second kappa shape index (κ2) is 7.81. The fourth-order valence-corrected chi connectivity index (χ4v) is 4.07. The van der Waals surface area contributed by atoms with E-state index >= 15 is 0 Å². The summed E-state index contributed by atoms with van der Waals surface area (Å²) in [4.78, 5) is 38.3. The van der Waals surface area contributed by atoms with E-state index in [9.17, 15) is 32.7 Å². The number of hydrogen-bond donors (Lipinski definition) is 2. The molecule has 2 saturated heterocycles. The number of amides is 2. The highest BCUT2D eigenvalue weighted by atomic mass is 19.4. The Morgan fingerprint density at radius 3 is 2.43 bits per heavy atom. The largest absolute Gasteiger partial charge is 0.480 e. The molecule has 2 amide bonds. The van der Waals surface area contributed by atoms with Crippen LogP contribution in [0.15, 0.2) is 24.3 Å². The second-order valence-corrected chi connectivity index (χ2v) is 7.18. The standard InChI is InChI=1S/C19H21F3N2O4/c20-19(21,22)13-7-3-2-6-12(13)16(25)23-14-8-4-1-5-11-9-10-15(18(27)28)24(11)17(14)26/h2-3,6-7,11,14-15H,1,4-5,8-10H2,(H,23,25)(H,27,28)/t11-,14-,15-/m0/s1. The Bertz CT molecular complexity index is 781. The molecule has 2 aliphatic heterocycles. The Morgan fingerprint density at radius 1 is 1.07 bits per heavy atom. The second-order valence-electron chi connectivity index (χ2n) is 7.18. The highest BCUT2D eigenvalue weighted by molar-refractivity contribution is 5.99. The van der Waals surface area contributed by atoms with Crippen molar-refractivity contribution in [2.45, 2.75) is 62.8 Å². The number of hydrogen-bond acceptors (Lipinski definition) is 3. The highest BCUT2D eigenvalue weighted by Gasteiger charge is 2.44. The smallest absolute Gasteiger partial charge is 0.417 e. The van der Waals surface area contributed by atoms with Crippen LogP contribution in [0.5, 0.6) is 0 Å². The van der Waals surface area contributed by atoms with E-state index in [1.165, 1.54) is 17.0 Å². The van der Waals surface area contributed by atoms with Crippen molar-refractivity contribution >= 4 is 17.8 Å². The molecule has 2 N–H and O–H groups in total. The summed E-state index contributed by atoms with van der Waals surface area (Å²) in [6.07, 6.45) is -1.47. The lowest BCUT2D eigenvalue weighted by molar-refractivity contribution is -0.151. The van der Waals surface area contributed by atoms with E-state index in [0.29, 0.717) is 25.7 Å². The number of rotatable bonds is 3. The molecule has 2 fully saturated rings. The molecule has 9 heteroatoms. The Balaban J connectivity index is 1.84. The summed E-state index contributed by atoms with van der Waals surface area (Å²) in [7, 11) is 0. The first-order chi connectivity index (χ1) is 13.2. The number of carboxylic acid groups (broad SMARTS) is 1. The number of alkyl halides is 3. The maximum atomic E-state index is 13.2. The Labute approximate surface area is 159 Å². The summed E-state index contributed by atoms with van der Waals surface area (Å²) in [6, 6.07) is 2.16. The number of nitrogens with one attached hydrogen (secondary N) is 1. The van der Waals surface area contributed by atoms with Gasteiger partial charge < -0.3 is 15.3 Å². The van der Waals surface area contributed by atoms with E-state index in [0.717, 1.165) is 18.6 Å². The molecule has 0 aliphatic carbocycles. The van der Waals surface area contributed by atoms with Gasteiger partial charge in [-0.1, -0.05) is 25.0 Å². The van der Waals surface area contributed by atoms with Crippen LogP contribution in [0, 0.1) is 0 Å². The van der Waals surface area contributed by atoms with E-state index < -0.39 is 47.2 Å². The number of carboxylic acids is 1. The van der Waals surface area contributed by atoms with Gasteiger partial charge in [-0.05, 0) is 37.8 Å². The van der Waals surface area contributed by atoms with Crippen LogP contribution in [0.3, 0.4) is 0 Å². The molecule has 2 heterocycles. The van der Waals surface area contributed by atoms with Gasteiger partial charge in [0.1, 0.15) is 12.1 Å². The van der Waals surface area contributed by atoms with Crippen molar-refractivity contribution in [3.05, 3.63) is 35.4 Å². The topological polar surface area (TPSA) is 86.7 Å². The summed E-state index contributed by atoms with van der Waals surface area (Å²) < 4.78 is 39.5. The van der Waals surface area contributed by atoms with Crippen molar-refractivity contribution in [3.63, 3.8) is 0 Å². The van der Waals surface area contributed by atoms with Crippen LogP contribution in [-0.4, -0.2) is 45.9 Å². The van der Waals surface area contributed by atoms with Crippen molar-refractivity contribution in [1.29, 1.82) is 0 Å². The van der Waals surface area contributed by atoms with Crippen LogP contribution in [-0.2, 0) is 15.8 Å². The first-order valence-corrected chi connectivity index (χ1v) is 9.22. The molecule has 1 aromatic carbocycles. The number of benzene rings is 1. The number of aliphatic carboxylic acids is 1. The minimum absolute atomic E-state index is 0.212. The van der Waals surface area contributed by atoms with Crippen LogP contribution < -0.4 is 5.32 Å². The fraction of sp³-hybridized carbons (Fsp3) is 0.526. The first kappa shape index (κ1) is 20.2. The maximum absolute atomic E-state index is 13.2. The highest BCUT2D eigenvalue weighted by Crippen LogP contribution is 2.33. The summed E-state index contributed by atoms with van der Waals surface area (Å²) in [6.45, 7) is 0. The zero-order valence-corrected chi connectivity index (χ0v) is 15.0. The van der Waals surface area contributed by atoms with Gasteiger partial charge in [-0.2, -0.15) is 13.2 Å². The van der Waals surface area contributed by atoms with Gasteiger partial charge in [0.05, 0.1) is 11.1 Å². The predicted octanol–water partition coefficient (Wildman–Crippen LogP) is 2.82. The lowest BCUT2D eigenvalue weighted by Crippen LogP contribution is -2.55. The van der Waals surface area contributed by atoms with Gasteiger partial charge in [0, 0.05) is 6.04 Å². The number of fused-ring (bicyclic) bond motifs is 1. The van der Waals surface area contributed by atoms with Gasteiger partial charge in [0.25, 0.3) is 5.91 Å². The van der Waals surface area contributed by atoms with Crippen LogP contribution in [0.4, 0.5) is 13.2 Å². The Morgan fingerprint density at radius 2 is 1.75 bits per heavy atom. The number of nitrogens with zero attached hydrogens (tertiary/aromatic N) is 1. The van der Waals surface area contributed by atoms with E-state index in [4.69, 9.17) is 0 Å². The molecule has 0 aromatic heterocycles. The first-order valence-electron chi connectivity index (χ1n) is 9.22. The third kappa shape index (κ3) is 3.98. The van der Waals surface area contributed by atoms with Crippen molar-refractivity contribution < 1.29 is 32.7 Å². The summed E-state index contributed by atoms with van der Waals surface area (Å²) >= 11 is 0. The molecule has 0 unspecified atom stereocenters. The van der Waals surface area contributed by atoms with Gasteiger partial charge in [0.15, 0.2) is 0 Å². The monoisotopic (exact) mass is 398 g/mol. The van der Waals surface area contributed by atoms with Gasteiger partial charge in [-0.15, -0.1) is 0 Å². The number of carbonyl (C=O) groups is 3. The van der Waals surface area contributed by atoms with Crippen molar-refractivity contribution in [1.82, 2.24) is 10.2 Å². The molecule has 152 valence electrons. The minimum atomic E-state index is -4.70. The maximum Gasteiger partial charge on any atom is 0.417 e. The molecule has 3 rings (SSSR count). The average molecular weight is 398 g/mol. The molecule has 28 heavy (non-hydrogen) atoms. The minimum Gasteiger partial charge on any atom is -0.480 e. The summed E-state index contributed by atoms with van der Waals surface area (Å²) in [5, 5.41) is 11.8. The number of halogens is 3. The number of carbonyl (C=O) groups excluding carboxylic acids is 2. The predicted molar refractivity (Wildman–Crippen MR) is 92.5 cm³/mol. The summed E-state index contributed by atoms with van der Waals surface area (Å²) in [5.74, 6) is -2.63. The van der Waals surface area contributed by atoms with Crippen molar-refractivity contribution in [2.24, 2.45) is 0 Å². The zero-order chi connectivity index (χ0) is 20.5. The third-order valence-electron chi connectivity index (χ3n) is 5.40. The van der Waals surface area contributed by atoms with Gasteiger partial charge in [-0.25, -0.2) is 4.79 Å². The van der Waals surface area contributed by atoms with E-state index in [1.807, 2.05) is 0 Å². The summed E-state index contributed by atoms with van der Waals surface area (Å²) in [5.41, 5.74) is -1.63. The van der Waals surface area contributed by atoms with Gasteiger partial charge in [0.2, 0.25) is 5.91 Å². The molecule has 0 radical (unpaired) electrons. The lowest BCUT2D eigenvalue weighted by atomic mass is 9.98. The molecule has 6 nitrogen and oxygen atoms in total. The van der Waals surface area contributed by atoms with Crippen LogP contribution >= 0.6 is 0 Å². The molecule has 2 aliphatic rings. The van der Waals surface area contributed by atoms with Gasteiger partial charge in [-0.3, -0.25) is 9.59 Å². The average Bonchev–Trinajstić information content (AvgIpc) is 3.05. The van der Waals surface area contributed by atoms with E-state index in [-0.39, 0.29) is 12.5 Å². The van der Waals surface area contributed by atoms with Crippen molar-refractivity contribution in [3.8, 4) is 0 Å². The third-order valence-corrected chi connectivity index (χ3v) is 5.40. The fourth-order valence-electron chi connectivity index (χ4n) is 4.07. The Kier molecular flexibility index (Phi) is 5.62. The molecular weight excluding hydrogens is 377 g/mol. The normalized spacial score (nSPS) is 25.6. The molecule has 0 spiro atoms. The van der Waals surface area contributed by atoms with E-state index in [1.54, 1.807) is 0 Å².